The zero-order valence-electron chi connectivity index (χ0n) is 14.1. The molecule has 0 saturated carbocycles. The zero-order chi connectivity index (χ0) is 19.6. The molecule has 27 heavy (non-hydrogen) atoms. The van der Waals surface area contributed by atoms with Crippen LogP contribution in [-0.4, -0.2) is 23.4 Å². The molecule has 0 saturated heterocycles. The van der Waals surface area contributed by atoms with Crippen LogP contribution in [0.3, 0.4) is 0 Å². The molecule has 1 heterocycles. The van der Waals surface area contributed by atoms with Gasteiger partial charge in [0, 0.05) is 11.3 Å². The molecule has 7 nitrogen and oxygen atoms in total. The Kier molecular flexibility index (Phi) is 5.20. The molecule has 142 valence electrons. The number of nitrogens with two attached hydrogens (primary N) is 1. The highest BCUT2D eigenvalue weighted by Gasteiger charge is 2.25. The molecule has 1 atom stereocenters. The van der Waals surface area contributed by atoms with E-state index in [4.69, 9.17) is 5.73 Å². The van der Waals surface area contributed by atoms with Gasteiger partial charge in [-0.25, -0.2) is 0 Å². The van der Waals surface area contributed by atoms with Gasteiger partial charge in [-0.2, -0.15) is 8.78 Å². The first-order valence-electron chi connectivity index (χ1n) is 8.27. The highest BCUT2D eigenvalue weighted by Crippen LogP contribution is 2.28. The lowest BCUT2D eigenvalue weighted by Gasteiger charge is -2.26. The van der Waals surface area contributed by atoms with Crippen LogP contribution < -0.4 is 21.3 Å². The topological polar surface area (TPSA) is 114 Å². The number of aromatic amines is 1. The number of nitrogens with one attached hydrogen (secondary N) is 2. The predicted molar refractivity (Wildman–Crippen MR) is 91.8 cm³/mol. The third-order valence-corrected chi connectivity index (χ3v) is 4.36. The van der Waals surface area contributed by atoms with Crippen LogP contribution in [0.2, 0.25) is 0 Å². The number of halogens is 2. The third kappa shape index (κ3) is 4.13. The van der Waals surface area contributed by atoms with E-state index in [1.165, 1.54) is 30.3 Å². The van der Waals surface area contributed by atoms with Gasteiger partial charge >= 0.3 is 6.61 Å². The first-order valence-corrected chi connectivity index (χ1v) is 8.27. The highest BCUT2D eigenvalue weighted by atomic mass is 19.3. The van der Waals surface area contributed by atoms with Crippen molar-refractivity contribution < 1.29 is 23.1 Å². The van der Waals surface area contributed by atoms with Gasteiger partial charge in [0.05, 0.1) is 6.04 Å². The quantitative estimate of drug-likeness (QED) is 0.738. The van der Waals surface area contributed by atoms with Crippen LogP contribution >= 0.6 is 0 Å². The molecule has 4 N–H and O–H groups in total. The van der Waals surface area contributed by atoms with Gasteiger partial charge in [-0.05, 0) is 55.2 Å². The van der Waals surface area contributed by atoms with E-state index in [0.717, 1.165) is 6.42 Å². The van der Waals surface area contributed by atoms with Crippen LogP contribution in [0.4, 0.5) is 8.78 Å². The number of pyridine rings is 1. The average Bonchev–Trinajstić information content (AvgIpc) is 2.61. The Labute approximate surface area is 152 Å². The van der Waals surface area contributed by atoms with Crippen molar-refractivity contribution in [1.82, 2.24) is 10.3 Å². The van der Waals surface area contributed by atoms with Gasteiger partial charge in [-0.1, -0.05) is 0 Å². The summed E-state index contributed by atoms with van der Waals surface area (Å²) in [6, 6.07) is 6.31. The van der Waals surface area contributed by atoms with E-state index in [1.807, 2.05) is 0 Å². The van der Waals surface area contributed by atoms with Gasteiger partial charge in [0.1, 0.15) is 11.3 Å². The maximum atomic E-state index is 12.5. The van der Waals surface area contributed by atoms with Crippen molar-refractivity contribution in [3.63, 3.8) is 0 Å². The molecule has 0 aliphatic heterocycles. The van der Waals surface area contributed by atoms with Crippen LogP contribution in [0.1, 0.15) is 50.9 Å². The number of amides is 2. The molecule has 9 heteroatoms. The van der Waals surface area contributed by atoms with Crippen molar-refractivity contribution in [2.45, 2.75) is 31.9 Å². The summed E-state index contributed by atoms with van der Waals surface area (Å²) in [5.74, 6) is -1.30. The molecule has 1 aromatic heterocycles. The molecule has 0 spiro atoms. The minimum absolute atomic E-state index is 0.0479. The van der Waals surface area contributed by atoms with Crippen molar-refractivity contribution in [2.24, 2.45) is 5.73 Å². The van der Waals surface area contributed by atoms with Crippen molar-refractivity contribution in [2.75, 3.05) is 0 Å². The molecule has 0 fully saturated rings. The number of primary amides is 1. The maximum Gasteiger partial charge on any atom is 0.387 e. The Morgan fingerprint density at radius 1 is 1.26 bits per heavy atom. The largest absolute Gasteiger partial charge is 0.435 e. The lowest BCUT2D eigenvalue weighted by Crippen LogP contribution is -2.34. The fourth-order valence-corrected chi connectivity index (χ4v) is 3.10. The summed E-state index contributed by atoms with van der Waals surface area (Å²) < 4.78 is 28.6. The lowest BCUT2D eigenvalue weighted by molar-refractivity contribution is -0.0498. The number of hydrogen-bond donors (Lipinski definition) is 3. The number of carbonyl (C=O) groups excluding carboxylic acids is 2. The van der Waals surface area contributed by atoms with Crippen molar-refractivity contribution in [3.8, 4) is 5.75 Å². The predicted octanol–water partition coefficient (Wildman–Crippen LogP) is 1.88. The average molecular weight is 377 g/mol. The molecule has 1 aromatic carbocycles. The molecule has 0 radical (unpaired) electrons. The van der Waals surface area contributed by atoms with E-state index < -0.39 is 30.0 Å². The van der Waals surface area contributed by atoms with Gasteiger partial charge in [0.2, 0.25) is 0 Å². The fraction of sp³-hybridized carbons (Fsp3) is 0.278. The standard InChI is InChI=1S/C18H17F2N3O4/c19-18(20)27-10-6-4-9(5-7-10)16(25)22-13-2-1-3-14-11(13)8-12(15(21)24)17(26)23-14/h4-8,13,18H,1-3H2,(H2,21,24)(H,22,25)(H,23,26). The Morgan fingerprint density at radius 3 is 2.59 bits per heavy atom. The highest BCUT2D eigenvalue weighted by molar-refractivity contribution is 5.95. The minimum atomic E-state index is -2.94. The summed E-state index contributed by atoms with van der Waals surface area (Å²) in [7, 11) is 0. The first kappa shape index (κ1) is 18.6. The summed E-state index contributed by atoms with van der Waals surface area (Å²) in [5, 5.41) is 2.84. The normalized spacial score (nSPS) is 15.9. The van der Waals surface area contributed by atoms with Crippen molar-refractivity contribution >= 4 is 11.8 Å². The SMILES string of the molecule is NC(=O)c1cc2c([nH]c1=O)CCCC2NC(=O)c1ccc(OC(F)F)cc1. The summed E-state index contributed by atoms with van der Waals surface area (Å²) in [6.07, 6.45) is 1.98. The summed E-state index contributed by atoms with van der Waals surface area (Å²) >= 11 is 0. The molecular formula is C18H17F2N3O4. The van der Waals surface area contributed by atoms with E-state index in [2.05, 4.69) is 15.0 Å². The van der Waals surface area contributed by atoms with Crippen molar-refractivity contribution in [1.29, 1.82) is 0 Å². The van der Waals surface area contributed by atoms with Gasteiger partial charge in [-0.15, -0.1) is 0 Å². The van der Waals surface area contributed by atoms with E-state index in [0.29, 0.717) is 24.1 Å². The van der Waals surface area contributed by atoms with E-state index in [-0.39, 0.29) is 16.9 Å². The summed E-state index contributed by atoms with van der Waals surface area (Å²) in [5.41, 5.74) is 6.07. The second kappa shape index (κ2) is 7.56. The number of ether oxygens (including phenoxy) is 1. The first-order chi connectivity index (χ1) is 12.8. The second-order valence-electron chi connectivity index (χ2n) is 6.13. The number of fused-ring (bicyclic) bond motifs is 1. The number of carbonyl (C=O) groups is 2. The van der Waals surface area contributed by atoms with Crippen LogP contribution in [-0.2, 0) is 6.42 Å². The molecule has 1 unspecified atom stereocenters. The lowest BCUT2D eigenvalue weighted by atomic mass is 9.90. The molecule has 0 bridgehead atoms. The zero-order valence-corrected chi connectivity index (χ0v) is 14.1. The maximum absolute atomic E-state index is 12.5. The Hall–Kier alpha value is -3.23. The van der Waals surface area contributed by atoms with E-state index in [1.54, 1.807) is 0 Å². The number of alkyl halides is 2. The number of benzene rings is 1. The number of aromatic nitrogens is 1. The van der Waals surface area contributed by atoms with Crippen LogP contribution in [0.5, 0.6) is 5.75 Å². The molecule has 1 aliphatic rings. The number of hydrogen-bond acceptors (Lipinski definition) is 4. The van der Waals surface area contributed by atoms with E-state index in [9.17, 15) is 23.2 Å². The smallest absolute Gasteiger partial charge is 0.387 e. The molecule has 2 aromatic rings. The second-order valence-corrected chi connectivity index (χ2v) is 6.13. The molecular weight excluding hydrogens is 360 g/mol. The molecule has 3 rings (SSSR count). The van der Waals surface area contributed by atoms with Crippen LogP contribution in [0.15, 0.2) is 35.1 Å². The number of rotatable bonds is 5. The van der Waals surface area contributed by atoms with Gasteiger partial charge in [-0.3, -0.25) is 14.4 Å². The summed E-state index contributed by atoms with van der Waals surface area (Å²) in [6.45, 7) is -2.94. The number of aryl methyl sites for hydroxylation is 1. The summed E-state index contributed by atoms with van der Waals surface area (Å²) in [4.78, 5) is 38.4. The monoisotopic (exact) mass is 377 g/mol. The van der Waals surface area contributed by atoms with E-state index >= 15 is 0 Å². The minimum Gasteiger partial charge on any atom is -0.435 e. The Balaban J connectivity index is 1.81. The fourth-order valence-electron chi connectivity index (χ4n) is 3.10. The Morgan fingerprint density at radius 2 is 1.96 bits per heavy atom. The molecule has 1 aliphatic carbocycles. The van der Waals surface area contributed by atoms with Gasteiger partial charge < -0.3 is 20.8 Å². The van der Waals surface area contributed by atoms with Gasteiger partial charge in [0.25, 0.3) is 17.4 Å². The molecule has 2 amide bonds. The van der Waals surface area contributed by atoms with Gasteiger partial charge in [0.15, 0.2) is 0 Å². The van der Waals surface area contributed by atoms with Crippen LogP contribution in [0.25, 0.3) is 0 Å². The van der Waals surface area contributed by atoms with Crippen LogP contribution in [0, 0.1) is 0 Å². The third-order valence-electron chi connectivity index (χ3n) is 4.36. The van der Waals surface area contributed by atoms with Crippen molar-refractivity contribution in [3.05, 3.63) is 63.1 Å². The Bertz CT molecular complexity index is 925. The number of H-pyrrole nitrogens is 1.